The number of benzene rings is 2. The zero-order chi connectivity index (χ0) is 19.5. The molecule has 0 aliphatic rings. The van der Waals surface area contributed by atoms with Crippen molar-refractivity contribution < 1.29 is 19.0 Å². The number of rotatable bonds is 9. The molecule has 144 valence electrons. The van der Waals surface area contributed by atoms with Gasteiger partial charge in [0.1, 0.15) is 18.1 Å². The molecule has 0 aliphatic carbocycles. The van der Waals surface area contributed by atoms with Crippen molar-refractivity contribution in [3.63, 3.8) is 0 Å². The van der Waals surface area contributed by atoms with Gasteiger partial charge in [-0.2, -0.15) is 0 Å². The molecule has 2 rings (SSSR count). The summed E-state index contributed by atoms with van der Waals surface area (Å²) in [7, 11) is 0. The van der Waals surface area contributed by atoms with Crippen LogP contribution < -0.4 is 20.1 Å². The Balaban J connectivity index is 1.86. The highest BCUT2D eigenvalue weighted by atomic mass is 32.1. The van der Waals surface area contributed by atoms with E-state index in [2.05, 4.69) is 10.6 Å². The maximum atomic E-state index is 12.3. The molecule has 7 heteroatoms. The number of anilines is 1. The maximum Gasteiger partial charge on any atom is 0.257 e. The average molecular weight is 388 g/mol. The SMILES string of the molecule is CCOCCOc1cccc(NC(=S)NC(=O)c2ccc(OCC)cc2)c1. The van der Waals surface area contributed by atoms with Gasteiger partial charge in [-0.15, -0.1) is 0 Å². The number of nitrogens with one attached hydrogen (secondary N) is 2. The van der Waals surface area contributed by atoms with Gasteiger partial charge in [-0.25, -0.2) is 0 Å². The summed E-state index contributed by atoms with van der Waals surface area (Å²) < 4.78 is 16.2. The highest BCUT2D eigenvalue weighted by Crippen LogP contribution is 2.17. The molecule has 0 heterocycles. The monoisotopic (exact) mass is 388 g/mol. The maximum absolute atomic E-state index is 12.3. The third kappa shape index (κ3) is 7.24. The number of thiocarbonyl (C=S) groups is 1. The van der Waals surface area contributed by atoms with Gasteiger partial charge in [0, 0.05) is 23.9 Å². The summed E-state index contributed by atoms with van der Waals surface area (Å²) in [5, 5.41) is 5.84. The van der Waals surface area contributed by atoms with Gasteiger partial charge < -0.3 is 19.5 Å². The number of carbonyl (C=O) groups is 1. The average Bonchev–Trinajstić information content (AvgIpc) is 2.66. The molecule has 2 N–H and O–H groups in total. The van der Waals surface area contributed by atoms with Crippen molar-refractivity contribution in [2.75, 3.05) is 31.7 Å². The molecule has 0 fully saturated rings. The molecule has 27 heavy (non-hydrogen) atoms. The highest BCUT2D eigenvalue weighted by Gasteiger charge is 2.08. The minimum Gasteiger partial charge on any atom is -0.494 e. The van der Waals surface area contributed by atoms with Crippen molar-refractivity contribution in [1.82, 2.24) is 5.32 Å². The second-order valence-electron chi connectivity index (χ2n) is 5.44. The first-order valence-corrected chi connectivity index (χ1v) is 9.19. The third-order valence-corrected chi connectivity index (χ3v) is 3.65. The largest absolute Gasteiger partial charge is 0.494 e. The third-order valence-electron chi connectivity index (χ3n) is 3.45. The minimum absolute atomic E-state index is 0.209. The van der Waals surface area contributed by atoms with Crippen LogP contribution >= 0.6 is 12.2 Å². The second-order valence-corrected chi connectivity index (χ2v) is 5.85. The van der Waals surface area contributed by atoms with E-state index in [1.165, 1.54) is 0 Å². The number of ether oxygens (including phenoxy) is 3. The molecule has 2 aromatic carbocycles. The standard InChI is InChI=1S/C20H24N2O4S/c1-3-24-12-13-26-18-7-5-6-16(14-18)21-20(27)22-19(23)15-8-10-17(11-9-15)25-4-2/h5-11,14H,3-4,12-13H2,1-2H3,(H2,21,22,23,27). The van der Waals surface area contributed by atoms with Crippen LogP contribution in [0, 0.1) is 0 Å². The summed E-state index contributed by atoms with van der Waals surface area (Å²) >= 11 is 5.22. The first kappa shape index (κ1) is 20.7. The van der Waals surface area contributed by atoms with Gasteiger partial charge in [0.05, 0.1) is 13.2 Å². The van der Waals surface area contributed by atoms with E-state index in [1.807, 2.05) is 32.0 Å². The fourth-order valence-electron chi connectivity index (χ4n) is 2.23. The van der Waals surface area contributed by atoms with E-state index in [1.54, 1.807) is 30.3 Å². The van der Waals surface area contributed by atoms with E-state index in [0.717, 1.165) is 11.4 Å². The van der Waals surface area contributed by atoms with Crippen LogP contribution in [0.4, 0.5) is 5.69 Å². The Morgan fingerprint density at radius 2 is 1.74 bits per heavy atom. The normalized spacial score (nSPS) is 10.1. The van der Waals surface area contributed by atoms with E-state index < -0.39 is 0 Å². The van der Waals surface area contributed by atoms with Crippen LogP contribution in [-0.4, -0.2) is 37.4 Å². The highest BCUT2D eigenvalue weighted by molar-refractivity contribution is 7.80. The molecule has 0 saturated heterocycles. The number of hydrogen-bond donors (Lipinski definition) is 2. The summed E-state index contributed by atoms with van der Waals surface area (Å²) in [5.74, 6) is 1.12. The lowest BCUT2D eigenvalue weighted by molar-refractivity contribution is 0.0977. The molecular formula is C20H24N2O4S. The first-order valence-electron chi connectivity index (χ1n) is 8.78. The summed E-state index contributed by atoms with van der Waals surface area (Å²) in [6.45, 7) is 6.08. The summed E-state index contributed by atoms with van der Waals surface area (Å²) in [6, 6.07) is 14.2. The summed E-state index contributed by atoms with van der Waals surface area (Å²) in [6.07, 6.45) is 0. The molecule has 0 radical (unpaired) electrons. The van der Waals surface area contributed by atoms with Crippen molar-refractivity contribution in [3.05, 3.63) is 54.1 Å². The van der Waals surface area contributed by atoms with Crippen molar-refractivity contribution in [3.8, 4) is 11.5 Å². The van der Waals surface area contributed by atoms with Gasteiger partial charge in [-0.1, -0.05) is 6.07 Å². The molecule has 0 spiro atoms. The Kier molecular flexibility index (Phi) is 8.54. The van der Waals surface area contributed by atoms with Gasteiger partial charge in [0.2, 0.25) is 0 Å². The molecule has 0 unspecified atom stereocenters. The Bertz CT molecular complexity index is 750. The van der Waals surface area contributed by atoms with Crippen LogP contribution in [-0.2, 0) is 4.74 Å². The van der Waals surface area contributed by atoms with E-state index in [-0.39, 0.29) is 11.0 Å². The van der Waals surface area contributed by atoms with Gasteiger partial charge in [0.15, 0.2) is 5.11 Å². The second kappa shape index (κ2) is 11.2. The molecule has 0 bridgehead atoms. The number of hydrogen-bond acceptors (Lipinski definition) is 5. The summed E-state index contributed by atoms with van der Waals surface area (Å²) in [5.41, 5.74) is 1.22. The Morgan fingerprint density at radius 3 is 2.44 bits per heavy atom. The van der Waals surface area contributed by atoms with Gasteiger partial charge in [0.25, 0.3) is 5.91 Å². The summed E-state index contributed by atoms with van der Waals surface area (Å²) in [4.78, 5) is 12.3. The fraction of sp³-hybridized carbons (Fsp3) is 0.300. The molecule has 0 aromatic heterocycles. The van der Waals surface area contributed by atoms with E-state index in [0.29, 0.717) is 37.7 Å². The van der Waals surface area contributed by atoms with Gasteiger partial charge >= 0.3 is 0 Å². The van der Waals surface area contributed by atoms with E-state index >= 15 is 0 Å². The van der Waals surface area contributed by atoms with Gasteiger partial charge in [-0.05, 0) is 62.5 Å². The molecule has 6 nitrogen and oxygen atoms in total. The topological polar surface area (TPSA) is 68.8 Å². The van der Waals surface area contributed by atoms with Crippen LogP contribution in [0.5, 0.6) is 11.5 Å². The van der Waals surface area contributed by atoms with Crippen LogP contribution in [0.2, 0.25) is 0 Å². The van der Waals surface area contributed by atoms with Crippen LogP contribution in [0.15, 0.2) is 48.5 Å². The van der Waals surface area contributed by atoms with Crippen molar-refractivity contribution >= 4 is 28.9 Å². The quantitative estimate of drug-likeness (QED) is 0.505. The molecule has 0 atom stereocenters. The molecule has 2 aromatic rings. The predicted molar refractivity (Wildman–Crippen MR) is 110 cm³/mol. The lowest BCUT2D eigenvalue weighted by atomic mass is 10.2. The van der Waals surface area contributed by atoms with Crippen molar-refractivity contribution in [1.29, 1.82) is 0 Å². The lowest BCUT2D eigenvalue weighted by Gasteiger charge is -2.12. The first-order chi connectivity index (χ1) is 13.1. The molecule has 0 aliphatic heterocycles. The Labute approximate surface area is 164 Å². The van der Waals surface area contributed by atoms with Crippen molar-refractivity contribution in [2.45, 2.75) is 13.8 Å². The number of amides is 1. The Hall–Kier alpha value is -2.64. The van der Waals surface area contributed by atoms with Crippen LogP contribution in [0.3, 0.4) is 0 Å². The zero-order valence-corrected chi connectivity index (χ0v) is 16.3. The van der Waals surface area contributed by atoms with E-state index in [4.69, 9.17) is 26.4 Å². The van der Waals surface area contributed by atoms with Crippen LogP contribution in [0.1, 0.15) is 24.2 Å². The lowest BCUT2D eigenvalue weighted by Crippen LogP contribution is -2.34. The van der Waals surface area contributed by atoms with E-state index in [9.17, 15) is 4.79 Å². The molecular weight excluding hydrogens is 364 g/mol. The fourth-order valence-corrected chi connectivity index (χ4v) is 2.44. The number of carbonyl (C=O) groups excluding carboxylic acids is 1. The van der Waals surface area contributed by atoms with Crippen molar-refractivity contribution in [2.24, 2.45) is 0 Å². The Morgan fingerprint density at radius 1 is 0.963 bits per heavy atom. The smallest absolute Gasteiger partial charge is 0.257 e. The van der Waals surface area contributed by atoms with Gasteiger partial charge in [-0.3, -0.25) is 10.1 Å². The minimum atomic E-state index is -0.292. The zero-order valence-electron chi connectivity index (χ0n) is 15.5. The molecule has 0 saturated carbocycles. The predicted octanol–water partition coefficient (Wildman–Crippen LogP) is 3.63. The molecule has 1 amide bonds. The van der Waals surface area contributed by atoms with Crippen LogP contribution in [0.25, 0.3) is 0 Å².